The summed E-state index contributed by atoms with van der Waals surface area (Å²) in [6.07, 6.45) is 40.4. The van der Waals surface area contributed by atoms with Crippen molar-refractivity contribution in [2.45, 2.75) is 262 Å². The molecule has 0 radical (unpaired) electrons. The first-order valence-corrected chi connectivity index (χ1v) is 26.7. The first kappa shape index (κ1) is 59.3. The van der Waals surface area contributed by atoms with Crippen molar-refractivity contribution in [2.24, 2.45) is 0 Å². The molecule has 1 heterocycles. The van der Waals surface area contributed by atoms with Crippen molar-refractivity contribution in [1.82, 2.24) is 5.32 Å². The maximum Gasteiger partial charge on any atom is 0.397 e. The van der Waals surface area contributed by atoms with Crippen molar-refractivity contribution in [2.75, 3.05) is 13.2 Å². The van der Waals surface area contributed by atoms with Crippen molar-refractivity contribution in [3.63, 3.8) is 0 Å². The van der Waals surface area contributed by atoms with Crippen LogP contribution in [0.1, 0.15) is 219 Å². The third-order valence-electron chi connectivity index (χ3n) is 11.9. The molecule has 0 spiro atoms. The van der Waals surface area contributed by atoms with Crippen molar-refractivity contribution in [1.29, 1.82) is 0 Å². The minimum Gasteiger partial charge on any atom is -0.394 e. The largest absolute Gasteiger partial charge is 0.397 e. The van der Waals surface area contributed by atoms with Gasteiger partial charge < -0.3 is 35.2 Å². The van der Waals surface area contributed by atoms with Gasteiger partial charge in [-0.15, -0.1) is 0 Å². The summed E-state index contributed by atoms with van der Waals surface area (Å²) in [4.78, 5) is 13.1. The van der Waals surface area contributed by atoms with Crippen LogP contribution < -0.4 is 5.32 Å². The minimum atomic E-state index is -5.09. The Morgan fingerprint density at radius 2 is 1.06 bits per heavy atom. The molecule has 0 saturated carbocycles. The molecule has 1 fully saturated rings. The second kappa shape index (κ2) is 40.6. The van der Waals surface area contributed by atoms with E-state index < -0.39 is 59.9 Å². The summed E-state index contributed by atoms with van der Waals surface area (Å²) in [7, 11) is -5.09. The second-order valence-corrected chi connectivity index (χ2v) is 18.8. The van der Waals surface area contributed by atoms with Crippen LogP contribution in [0.15, 0.2) is 36.5 Å². The number of hydrogen-bond donors (Lipinski definition) is 6. The SMILES string of the molecule is CCCCCCCCCCC/C=C\C/C=C\CCCCCCCCCC(=O)NC(COC1OC(CO)C(O)C(OS(=O)(=O)O)C1O)C(O)/C=C/CCCCCCCCCCCCC. The lowest BCUT2D eigenvalue weighted by Gasteiger charge is -2.41. The smallest absolute Gasteiger partial charge is 0.394 e. The van der Waals surface area contributed by atoms with Gasteiger partial charge >= 0.3 is 10.4 Å². The zero-order chi connectivity index (χ0) is 46.2. The van der Waals surface area contributed by atoms with E-state index in [-0.39, 0.29) is 18.9 Å². The van der Waals surface area contributed by atoms with Crippen LogP contribution in [0.2, 0.25) is 0 Å². The van der Waals surface area contributed by atoms with E-state index in [1.165, 1.54) is 135 Å². The molecule has 370 valence electrons. The molecular formula is C50H93NO11S. The second-order valence-electron chi connectivity index (χ2n) is 17.8. The number of aliphatic hydroxyl groups excluding tert-OH is 4. The summed E-state index contributed by atoms with van der Waals surface area (Å²) in [5.74, 6) is -0.270. The van der Waals surface area contributed by atoms with Crippen molar-refractivity contribution < 1.29 is 51.8 Å². The van der Waals surface area contributed by atoms with Gasteiger partial charge in [-0.3, -0.25) is 9.35 Å². The van der Waals surface area contributed by atoms with Crippen LogP contribution in [0.3, 0.4) is 0 Å². The molecular weight excluding hydrogens is 823 g/mol. The predicted octanol–water partition coefficient (Wildman–Crippen LogP) is 10.7. The molecule has 12 nitrogen and oxygen atoms in total. The highest BCUT2D eigenvalue weighted by atomic mass is 32.3. The van der Waals surface area contributed by atoms with Gasteiger partial charge in [-0.25, -0.2) is 4.18 Å². The third kappa shape index (κ3) is 33.4. The lowest BCUT2D eigenvalue weighted by molar-refractivity contribution is -0.298. The molecule has 1 aliphatic heterocycles. The molecule has 0 aromatic rings. The minimum absolute atomic E-state index is 0.260. The molecule has 7 unspecified atom stereocenters. The van der Waals surface area contributed by atoms with Gasteiger partial charge in [-0.2, -0.15) is 8.42 Å². The molecule has 0 bridgehead atoms. The average Bonchev–Trinajstić information content (AvgIpc) is 3.25. The van der Waals surface area contributed by atoms with E-state index in [2.05, 4.69) is 47.7 Å². The average molecular weight is 916 g/mol. The van der Waals surface area contributed by atoms with Crippen LogP contribution in [0.4, 0.5) is 0 Å². The van der Waals surface area contributed by atoms with Gasteiger partial charge in [-0.1, -0.05) is 198 Å². The van der Waals surface area contributed by atoms with Crippen LogP contribution >= 0.6 is 0 Å². The Hall–Kier alpha value is -1.68. The predicted molar refractivity (Wildman–Crippen MR) is 255 cm³/mol. The Bertz CT molecular complexity index is 1260. The summed E-state index contributed by atoms with van der Waals surface area (Å²) in [5, 5.41) is 44.7. The molecule has 1 saturated heterocycles. The van der Waals surface area contributed by atoms with Gasteiger partial charge in [0, 0.05) is 6.42 Å². The number of carbonyl (C=O) groups is 1. The molecule has 6 N–H and O–H groups in total. The van der Waals surface area contributed by atoms with Gasteiger partial charge in [0.15, 0.2) is 6.29 Å². The van der Waals surface area contributed by atoms with Gasteiger partial charge in [0.2, 0.25) is 5.91 Å². The maximum absolute atomic E-state index is 13.1. The van der Waals surface area contributed by atoms with E-state index in [0.29, 0.717) is 6.42 Å². The number of hydrogen-bond acceptors (Lipinski definition) is 10. The number of unbranched alkanes of at least 4 members (excludes halogenated alkanes) is 27. The summed E-state index contributed by atoms with van der Waals surface area (Å²) in [5.41, 5.74) is 0. The summed E-state index contributed by atoms with van der Waals surface area (Å²) < 4.78 is 47.6. The Morgan fingerprint density at radius 3 is 1.51 bits per heavy atom. The lowest BCUT2D eigenvalue weighted by Crippen LogP contribution is -2.61. The fourth-order valence-corrected chi connectivity index (χ4v) is 8.46. The van der Waals surface area contributed by atoms with Gasteiger partial charge in [0.25, 0.3) is 0 Å². The van der Waals surface area contributed by atoms with Crippen LogP contribution in [-0.2, 0) is 28.9 Å². The highest BCUT2D eigenvalue weighted by Crippen LogP contribution is 2.26. The van der Waals surface area contributed by atoms with E-state index >= 15 is 0 Å². The Kier molecular flexibility index (Phi) is 38.2. The molecule has 1 aliphatic rings. The Morgan fingerprint density at radius 1 is 0.635 bits per heavy atom. The van der Waals surface area contributed by atoms with Crippen molar-refractivity contribution >= 4 is 16.3 Å². The number of rotatable bonds is 43. The number of allylic oxidation sites excluding steroid dienone is 5. The van der Waals surface area contributed by atoms with Crippen LogP contribution in [0, 0.1) is 0 Å². The number of ether oxygens (including phenoxy) is 2. The van der Waals surface area contributed by atoms with E-state index in [1.807, 2.05) is 6.08 Å². The molecule has 0 aliphatic carbocycles. The van der Waals surface area contributed by atoms with Crippen molar-refractivity contribution in [3.05, 3.63) is 36.5 Å². The molecule has 0 aromatic heterocycles. The number of aliphatic hydroxyl groups is 4. The molecule has 13 heteroatoms. The molecule has 63 heavy (non-hydrogen) atoms. The highest BCUT2D eigenvalue weighted by Gasteiger charge is 2.48. The molecule has 0 aromatic carbocycles. The van der Waals surface area contributed by atoms with E-state index in [0.717, 1.165) is 57.8 Å². The first-order valence-electron chi connectivity index (χ1n) is 25.4. The topological polar surface area (TPSA) is 192 Å². The summed E-state index contributed by atoms with van der Waals surface area (Å²) in [6, 6.07) is -0.947. The fraction of sp³-hybridized carbons (Fsp3) is 0.860. The Balaban J connectivity index is 2.43. The Labute approximate surface area is 384 Å². The van der Waals surface area contributed by atoms with E-state index in [1.54, 1.807) is 6.08 Å². The maximum atomic E-state index is 13.1. The van der Waals surface area contributed by atoms with Gasteiger partial charge in [0.05, 0.1) is 25.4 Å². The third-order valence-corrected chi connectivity index (χ3v) is 12.4. The van der Waals surface area contributed by atoms with Crippen molar-refractivity contribution in [3.8, 4) is 0 Å². The van der Waals surface area contributed by atoms with E-state index in [9.17, 15) is 38.2 Å². The standard InChI is InChI=1S/C50H93NO11S/c1-3-5-7-9-11-13-15-17-18-19-20-21-22-23-24-25-26-28-30-32-34-36-38-40-46(54)51-43(44(53)39-37-35-33-31-29-27-16-14-12-10-8-6-4-2)42-60-50-48(56)49(62-63(57,58)59)47(55)45(41-52)61-50/h20-21,23-24,37,39,43-45,47-50,52-53,55-56H,3-19,22,25-36,38,40-42H2,1-2H3,(H,51,54)(H,57,58,59)/b21-20-,24-23-,39-37+. The van der Waals surface area contributed by atoms with Crippen LogP contribution in [0.25, 0.3) is 0 Å². The van der Waals surface area contributed by atoms with Crippen LogP contribution in [-0.4, -0.2) is 95.4 Å². The molecule has 1 rings (SSSR count). The molecule has 1 amide bonds. The number of nitrogens with one attached hydrogen (secondary N) is 1. The van der Waals surface area contributed by atoms with Gasteiger partial charge in [0.1, 0.15) is 24.4 Å². The normalized spacial score (nSPS) is 20.7. The quantitative estimate of drug-likeness (QED) is 0.0194. The fourth-order valence-electron chi connectivity index (χ4n) is 7.96. The van der Waals surface area contributed by atoms with E-state index in [4.69, 9.17) is 9.47 Å². The highest BCUT2D eigenvalue weighted by molar-refractivity contribution is 7.80. The zero-order valence-corrected chi connectivity index (χ0v) is 40.5. The van der Waals surface area contributed by atoms with Crippen LogP contribution in [0.5, 0.6) is 0 Å². The molecule has 7 atom stereocenters. The lowest BCUT2D eigenvalue weighted by atomic mass is 9.99. The number of amides is 1. The zero-order valence-electron chi connectivity index (χ0n) is 39.6. The monoisotopic (exact) mass is 916 g/mol. The number of carbonyl (C=O) groups excluding carboxylic acids is 1. The van der Waals surface area contributed by atoms with Gasteiger partial charge in [-0.05, 0) is 51.4 Å². The first-order chi connectivity index (χ1) is 30.5. The summed E-state index contributed by atoms with van der Waals surface area (Å²) in [6.45, 7) is 3.38. The summed E-state index contributed by atoms with van der Waals surface area (Å²) >= 11 is 0.